The molecule has 3 heterocycles. The van der Waals surface area contributed by atoms with Crippen molar-refractivity contribution in [3.63, 3.8) is 0 Å². The lowest BCUT2D eigenvalue weighted by molar-refractivity contribution is 0.0540. The van der Waals surface area contributed by atoms with Gasteiger partial charge in [-0.05, 0) is 53.9 Å². The molecule has 0 unspecified atom stereocenters. The first-order valence-corrected chi connectivity index (χ1v) is 10.5. The van der Waals surface area contributed by atoms with Crippen LogP contribution in [0.2, 0.25) is 0 Å². The average molecular weight is 481 g/mol. The van der Waals surface area contributed by atoms with Crippen molar-refractivity contribution >= 4 is 44.1 Å². The van der Waals surface area contributed by atoms with Crippen LogP contribution in [0.5, 0.6) is 0 Å². The van der Waals surface area contributed by atoms with Gasteiger partial charge in [0, 0.05) is 4.88 Å². The molecule has 3 rings (SSSR count). The molecule has 10 heteroatoms. The summed E-state index contributed by atoms with van der Waals surface area (Å²) in [7, 11) is 0. The Labute approximate surface area is 180 Å². The molecule has 2 amide bonds. The smallest absolute Gasteiger partial charge is 0.291 e. The van der Waals surface area contributed by atoms with E-state index < -0.39 is 11.8 Å². The van der Waals surface area contributed by atoms with E-state index in [1.54, 1.807) is 18.2 Å². The monoisotopic (exact) mass is 480 g/mol. The second kappa shape index (κ2) is 8.42. The van der Waals surface area contributed by atoms with Gasteiger partial charge in [-0.2, -0.15) is 0 Å². The van der Waals surface area contributed by atoms with Crippen LogP contribution in [0.4, 0.5) is 5.00 Å². The maximum Gasteiger partial charge on any atom is 0.291 e. The zero-order valence-corrected chi connectivity index (χ0v) is 18.8. The number of nitrogens with one attached hydrogen (secondary N) is 1. The minimum absolute atomic E-state index is 0.102. The molecule has 29 heavy (non-hydrogen) atoms. The number of hydrogen-bond acceptors (Lipinski definition) is 6. The summed E-state index contributed by atoms with van der Waals surface area (Å²) in [6, 6.07) is 4.91. The fourth-order valence-electron chi connectivity index (χ4n) is 2.56. The van der Waals surface area contributed by atoms with Gasteiger partial charge in [0.05, 0.1) is 21.4 Å². The minimum Gasteiger partial charge on any atom is -0.452 e. The van der Waals surface area contributed by atoms with Crippen molar-refractivity contribution in [2.75, 3.05) is 5.32 Å². The predicted molar refractivity (Wildman–Crippen MR) is 113 cm³/mol. The Morgan fingerprint density at radius 1 is 1.38 bits per heavy atom. The number of amides is 2. The number of primary amides is 1. The topological polar surface area (TPSA) is 112 Å². The van der Waals surface area contributed by atoms with Gasteiger partial charge in [0.2, 0.25) is 0 Å². The molecule has 0 spiro atoms. The third-order valence-electron chi connectivity index (χ3n) is 4.19. The number of carbonyl (C=O) groups is 2. The van der Waals surface area contributed by atoms with Crippen LogP contribution in [-0.4, -0.2) is 21.8 Å². The number of aryl methyl sites for hydroxylation is 1. The van der Waals surface area contributed by atoms with E-state index in [0.29, 0.717) is 10.8 Å². The van der Waals surface area contributed by atoms with Gasteiger partial charge < -0.3 is 20.3 Å². The van der Waals surface area contributed by atoms with Crippen molar-refractivity contribution in [3.8, 4) is 0 Å². The van der Waals surface area contributed by atoms with Crippen LogP contribution in [0.3, 0.4) is 0 Å². The lowest BCUT2D eigenvalue weighted by Crippen LogP contribution is -2.16. The number of anilines is 1. The summed E-state index contributed by atoms with van der Waals surface area (Å²) in [6.07, 6.45) is 0. The van der Waals surface area contributed by atoms with Gasteiger partial charge in [-0.3, -0.25) is 9.59 Å². The standard InChI is InChI=1S/C19H21BrN4O4S/c1-9(2)15-7-13(17(21)25)19(29-15)22-18(26)14-6-5-12(28-14)8-27-24-11(4)16(20)10(3)23-24/h5-7,9H,8H2,1-4H3,(H2,21,25)(H,22,26). The average Bonchev–Trinajstić information content (AvgIpc) is 3.35. The number of rotatable bonds is 7. The van der Waals surface area contributed by atoms with Crippen molar-refractivity contribution in [1.82, 2.24) is 9.94 Å². The number of nitrogens with zero attached hydrogens (tertiary/aromatic N) is 2. The molecule has 0 bridgehead atoms. The minimum atomic E-state index is -0.590. The SMILES string of the molecule is Cc1nn(OCc2ccc(C(=O)Nc3sc(C(C)C)cc3C(N)=O)o2)c(C)c1Br. The Kier molecular flexibility index (Phi) is 6.13. The Bertz CT molecular complexity index is 1070. The van der Waals surface area contributed by atoms with Gasteiger partial charge in [0.1, 0.15) is 10.8 Å². The molecule has 3 aromatic rings. The van der Waals surface area contributed by atoms with Gasteiger partial charge >= 0.3 is 0 Å². The molecule has 154 valence electrons. The third-order valence-corrected chi connectivity index (χ3v) is 6.69. The molecule has 0 aliphatic carbocycles. The van der Waals surface area contributed by atoms with Gasteiger partial charge in [-0.1, -0.05) is 13.8 Å². The van der Waals surface area contributed by atoms with Gasteiger partial charge in [-0.25, -0.2) is 0 Å². The summed E-state index contributed by atoms with van der Waals surface area (Å²) < 4.78 is 6.44. The summed E-state index contributed by atoms with van der Waals surface area (Å²) in [5.74, 6) is -0.278. The van der Waals surface area contributed by atoms with Crippen molar-refractivity contribution < 1.29 is 18.8 Å². The van der Waals surface area contributed by atoms with E-state index in [-0.39, 0.29) is 23.8 Å². The first-order chi connectivity index (χ1) is 13.7. The quantitative estimate of drug-likeness (QED) is 0.530. The number of carbonyl (C=O) groups excluding carboxylic acids is 2. The maximum absolute atomic E-state index is 12.5. The molecule has 0 fully saturated rings. The van der Waals surface area contributed by atoms with E-state index in [4.69, 9.17) is 15.0 Å². The van der Waals surface area contributed by atoms with Crippen LogP contribution in [0.15, 0.2) is 27.1 Å². The van der Waals surface area contributed by atoms with E-state index in [9.17, 15) is 9.59 Å². The van der Waals surface area contributed by atoms with E-state index in [1.807, 2.05) is 27.7 Å². The summed E-state index contributed by atoms with van der Waals surface area (Å²) in [5.41, 5.74) is 7.35. The Balaban J connectivity index is 1.69. The highest BCUT2D eigenvalue weighted by atomic mass is 79.9. The number of hydrogen-bond donors (Lipinski definition) is 2. The maximum atomic E-state index is 12.5. The normalized spacial score (nSPS) is 11.1. The van der Waals surface area contributed by atoms with Crippen LogP contribution in [0.25, 0.3) is 0 Å². The van der Waals surface area contributed by atoms with Crippen molar-refractivity contribution in [3.05, 3.63) is 56.0 Å². The summed E-state index contributed by atoms with van der Waals surface area (Å²) >= 11 is 4.76. The molecule has 0 atom stereocenters. The van der Waals surface area contributed by atoms with Crippen LogP contribution in [-0.2, 0) is 6.61 Å². The molecule has 0 aliphatic heterocycles. The molecule has 0 aliphatic rings. The largest absolute Gasteiger partial charge is 0.452 e. The molecule has 0 saturated carbocycles. The third kappa shape index (κ3) is 4.54. The highest BCUT2D eigenvalue weighted by molar-refractivity contribution is 9.10. The second-order valence-corrected chi connectivity index (χ2v) is 8.64. The van der Waals surface area contributed by atoms with Crippen LogP contribution < -0.4 is 15.9 Å². The molecule has 0 aromatic carbocycles. The molecule has 0 radical (unpaired) electrons. The molecule has 0 saturated heterocycles. The van der Waals surface area contributed by atoms with Gasteiger partial charge in [0.25, 0.3) is 11.8 Å². The van der Waals surface area contributed by atoms with E-state index >= 15 is 0 Å². The summed E-state index contributed by atoms with van der Waals surface area (Å²) in [4.78, 5) is 32.2. The number of thiophene rings is 1. The van der Waals surface area contributed by atoms with Crippen molar-refractivity contribution in [2.24, 2.45) is 5.73 Å². The van der Waals surface area contributed by atoms with Gasteiger partial charge in [-0.15, -0.1) is 21.3 Å². The number of halogens is 1. The van der Waals surface area contributed by atoms with E-state index in [2.05, 4.69) is 26.3 Å². The first-order valence-electron chi connectivity index (χ1n) is 8.86. The van der Waals surface area contributed by atoms with E-state index in [0.717, 1.165) is 20.7 Å². The Morgan fingerprint density at radius 3 is 2.69 bits per heavy atom. The van der Waals surface area contributed by atoms with Crippen molar-refractivity contribution in [2.45, 2.75) is 40.2 Å². The number of aromatic nitrogens is 2. The summed E-state index contributed by atoms with van der Waals surface area (Å²) in [5, 5.41) is 7.37. The lowest BCUT2D eigenvalue weighted by atomic mass is 10.1. The van der Waals surface area contributed by atoms with Gasteiger partial charge in [0.15, 0.2) is 12.4 Å². The zero-order chi connectivity index (χ0) is 21.3. The van der Waals surface area contributed by atoms with E-state index in [1.165, 1.54) is 16.2 Å². The summed E-state index contributed by atoms with van der Waals surface area (Å²) in [6.45, 7) is 7.84. The van der Waals surface area contributed by atoms with Crippen LogP contribution in [0.1, 0.15) is 62.7 Å². The molecular weight excluding hydrogens is 460 g/mol. The lowest BCUT2D eigenvalue weighted by Gasteiger charge is -2.05. The fraction of sp³-hybridized carbons (Fsp3) is 0.316. The highest BCUT2D eigenvalue weighted by Gasteiger charge is 2.20. The van der Waals surface area contributed by atoms with Crippen LogP contribution in [0, 0.1) is 13.8 Å². The molecule has 3 aromatic heterocycles. The fourth-order valence-corrected chi connectivity index (χ4v) is 3.86. The van der Waals surface area contributed by atoms with Crippen molar-refractivity contribution in [1.29, 1.82) is 0 Å². The Morgan fingerprint density at radius 2 is 2.10 bits per heavy atom. The molecular formula is C19H21BrN4O4S. The molecule has 8 nitrogen and oxygen atoms in total. The number of furan rings is 1. The molecule has 3 N–H and O–H groups in total. The first kappa shape index (κ1) is 21.1. The van der Waals surface area contributed by atoms with Crippen LogP contribution >= 0.6 is 27.3 Å². The number of nitrogens with two attached hydrogens (primary N) is 1. The Hall–Kier alpha value is -2.59. The second-order valence-electron chi connectivity index (χ2n) is 6.76. The predicted octanol–water partition coefficient (Wildman–Crippen LogP) is 4.02. The zero-order valence-electron chi connectivity index (χ0n) is 16.4. The highest BCUT2D eigenvalue weighted by Crippen LogP contribution is 2.33.